The molecule has 0 amide bonds. The Labute approximate surface area is 226 Å². The Morgan fingerprint density at radius 3 is 2.58 bits per heavy atom. The van der Waals surface area contributed by atoms with Crippen LogP contribution in [0.4, 0.5) is 11.8 Å². The van der Waals surface area contributed by atoms with Crippen LogP contribution in [0.25, 0.3) is 31.0 Å². The minimum absolute atomic E-state index is 0.142. The minimum atomic E-state index is -1.05. The normalized spacial score (nSPS) is 22.2. The van der Waals surface area contributed by atoms with Gasteiger partial charge in [-0.05, 0) is 38.5 Å². The van der Waals surface area contributed by atoms with E-state index in [-0.39, 0.29) is 12.6 Å². The molecule has 1 saturated carbocycles. The first-order chi connectivity index (χ1) is 18.4. The lowest BCUT2D eigenvalue weighted by Crippen LogP contribution is -2.35. The zero-order valence-electron chi connectivity index (χ0n) is 20.7. The van der Waals surface area contributed by atoms with Crippen LogP contribution in [0.2, 0.25) is 0 Å². The summed E-state index contributed by atoms with van der Waals surface area (Å²) in [5.41, 5.74) is 3.16. The van der Waals surface area contributed by atoms with E-state index in [9.17, 15) is 15.3 Å². The number of pyridine rings is 1. The first-order valence-corrected chi connectivity index (χ1v) is 14.0. The van der Waals surface area contributed by atoms with Gasteiger partial charge in [-0.3, -0.25) is 4.98 Å². The lowest BCUT2D eigenvalue weighted by Gasteiger charge is -2.22. The van der Waals surface area contributed by atoms with Crippen LogP contribution in [0.5, 0.6) is 0 Å². The third-order valence-electron chi connectivity index (χ3n) is 6.88. The van der Waals surface area contributed by atoms with Crippen LogP contribution in [0.15, 0.2) is 42.7 Å². The van der Waals surface area contributed by atoms with Crippen molar-refractivity contribution in [2.75, 3.05) is 17.2 Å². The predicted octanol–water partition coefficient (Wildman–Crippen LogP) is 3.75. The van der Waals surface area contributed by atoms with Crippen LogP contribution in [-0.4, -0.2) is 65.1 Å². The largest absolute Gasteiger partial charge is 0.396 e. The molecule has 0 saturated heterocycles. The van der Waals surface area contributed by atoms with Gasteiger partial charge in [0.05, 0.1) is 50.6 Å². The molecule has 0 bridgehead atoms. The smallest absolute Gasteiger partial charge is 0.225 e. The molecular weight excluding hydrogens is 522 g/mol. The molecule has 5 atom stereocenters. The Morgan fingerprint density at radius 1 is 1.00 bits per heavy atom. The zero-order valence-corrected chi connectivity index (χ0v) is 22.4. The molecule has 6 rings (SSSR count). The van der Waals surface area contributed by atoms with Crippen molar-refractivity contribution >= 4 is 54.9 Å². The minimum Gasteiger partial charge on any atom is -0.396 e. The van der Waals surface area contributed by atoms with E-state index in [1.807, 2.05) is 38.1 Å². The van der Waals surface area contributed by atoms with Crippen molar-refractivity contribution in [3.05, 3.63) is 53.4 Å². The number of nitrogens with one attached hydrogen (secondary N) is 2. The van der Waals surface area contributed by atoms with Crippen LogP contribution in [-0.2, 0) is 0 Å². The number of hydrogen-bond acceptors (Lipinski definition) is 12. The second-order valence-corrected chi connectivity index (χ2v) is 11.6. The van der Waals surface area contributed by atoms with E-state index >= 15 is 0 Å². The number of aryl methyl sites for hydroxylation is 1. The van der Waals surface area contributed by atoms with E-state index in [2.05, 4.69) is 21.7 Å². The number of fused-ring (bicyclic) bond motifs is 2. The summed E-state index contributed by atoms with van der Waals surface area (Å²) >= 11 is 3.13. The average Bonchev–Trinajstić information content (AvgIpc) is 3.60. The Bertz CT molecular complexity index is 1540. The third kappa shape index (κ3) is 4.58. The lowest BCUT2D eigenvalue weighted by atomic mass is 10.1. The SMILES string of the molecule is Cc1nc(N[C@H](C)c2nc3ccccc3s2)nc(NC2C[C@H](CO)[C@@H](O)[C@H]2O)c1-c1nc2cnccc2s1. The molecule has 196 valence electrons. The first-order valence-electron chi connectivity index (χ1n) is 12.4. The molecule has 1 unspecified atom stereocenters. The highest BCUT2D eigenvalue weighted by molar-refractivity contribution is 7.21. The van der Waals surface area contributed by atoms with Gasteiger partial charge in [0.15, 0.2) is 0 Å². The molecule has 1 aromatic carbocycles. The number of aliphatic hydroxyl groups is 3. The summed E-state index contributed by atoms with van der Waals surface area (Å²) in [6.45, 7) is 3.71. The fraction of sp³-hybridized carbons (Fsp3) is 0.346. The van der Waals surface area contributed by atoms with Gasteiger partial charge in [-0.2, -0.15) is 4.98 Å². The summed E-state index contributed by atoms with van der Waals surface area (Å²) < 4.78 is 2.10. The number of anilines is 2. The summed E-state index contributed by atoms with van der Waals surface area (Å²) in [7, 11) is 0. The van der Waals surface area contributed by atoms with Crippen LogP contribution in [0.3, 0.4) is 0 Å². The van der Waals surface area contributed by atoms with E-state index in [0.717, 1.165) is 36.0 Å². The number of aromatic nitrogens is 5. The first kappa shape index (κ1) is 25.0. The van der Waals surface area contributed by atoms with Crippen LogP contribution in [0, 0.1) is 12.8 Å². The summed E-state index contributed by atoms with van der Waals surface area (Å²) in [4.78, 5) is 23.2. The summed E-state index contributed by atoms with van der Waals surface area (Å²) in [6.07, 6.45) is 1.78. The Balaban J connectivity index is 1.37. The van der Waals surface area contributed by atoms with Gasteiger partial charge in [-0.25, -0.2) is 15.0 Å². The van der Waals surface area contributed by atoms with Crippen molar-refractivity contribution in [3.8, 4) is 10.6 Å². The second kappa shape index (κ2) is 10.1. The number of para-hydroxylation sites is 1. The van der Waals surface area contributed by atoms with Gasteiger partial charge in [-0.15, -0.1) is 22.7 Å². The van der Waals surface area contributed by atoms with Crippen molar-refractivity contribution in [1.82, 2.24) is 24.9 Å². The second-order valence-electron chi connectivity index (χ2n) is 9.51. The number of hydrogen-bond donors (Lipinski definition) is 5. The molecule has 5 N–H and O–H groups in total. The fourth-order valence-corrected chi connectivity index (χ4v) is 6.84. The average molecular weight is 550 g/mol. The van der Waals surface area contributed by atoms with E-state index < -0.39 is 24.2 Å². The van der Waals surface area contributed by atoms with E-state index in [1.165, 1.54) is 11.3 Å². The third-order valence-corrected chi connectivity index (χ3v) is 9.15. The quantitative estimate of drug-likeness (QED) is 0.203. The van der Waals surface area contributed by atoms with Gasteiger partial charge in [0.25, 0.3) is 0 Å². The Kier molecular flexibility index (Phi) is 6.66. The molecule has 4 heterocycles. The monoisotopic (exact) mass is 549 g/mol. The Morgan fingerprint density at radius 2 is 1.82 bits per heavy atom. The van der Waals surface area contributed by atoms with Crippen molar-refractivity contribution in [2.24, 2.45) is 5.92 Å². The van der Waals surface area contributed by atoms with Crippen molar-refractivity contribution in [2.45, 2.75) is 44.6 Å². The molecule has 1 aliphatic rings. The summed E-state index contributed by atoms with van der Waals surface area (Å²) in [6, 6.07) is 9.29. The fourth-order valence-electron chi connectivity index (χ4n) is 4.84. The van der Waals surface area contributed by atoms with Gasteiger partial charge >= 0.3 is 0 Å². The van der Waals surface area contributed by atoms with Gasteiger partial charge in [0, 0.05) is 18.7 Å². The molecule has 5 aromatic rings. The Hall–Kier alpha value is -3.29. The molecule has 0 aliphatic heterocycles. The lowest BCUT2D eigenvalue weighted by molar-refractivity contribution is 0.00446. The number of thiazole rings is 2. The number of rotatable bonds is 7. The van der Waals surface area contributed by atoms with E-state index in [0.29, 0.717) is 23.9 Å². The van der Waals surface area contributed by atoms with E-state index in [1.54, 1.807) is 23.7 Å². The molecule has 1 aliphatic carbocycles. The van der Waals surface area contributed by atoms with Crippen molar-refractivity contribution < 1.29 is 15.3 Å². The molecule has 38 heavy (non-hydrogen) atoms. The molecule has 0 radical (unpaired) electrons. The highest BCUT2D eigenvalue weighted by Crippen LogP contribution is 2.38. The maximum atomic E-state index is 10.7. The molecule has 10 nitrogen and oxygen atoms in total. The molecule has 12 heteroatoms. The van der Waals surface area contributed by atoms with Crippen LogP contribution >= 0.6 is 22.7 Å². The van der Waals surface area contributed by atoms with Crippen molar-refractivity contribution in [1.29, 1.82) is 0 Å². The zero-order chi connectivity index (χ0) is 26.4. The molecule has 1 fully saturated rings. The standard InChI is InChI=1S/C26H27N7O3S2/c1-12-20(25-32-17-10-27-8-7-19(17)38-25)23(30-16-9-14(11-34)21(35)22(16)36)33-26(28-12)29-13(2)24-31-15-5-3-4-6-18(15)37-24/h3-8,10,13-14,16,21-22,34-36H,9,11H2,1-2H3,(H2,28,29,30,33)/t13-,14-,16?,21-,22+/m1/s1. The van der Waals surface area contributed by atoms with Gasteiger partial charge in [-0.1, -0.05) is 12.1 Å². The maximum Gasteiger partial charge on any atom is 0.225 e. The summed E-state index contributed by atoms with van der Waals surface area (Å²) in [5, 5.41) is 39.1. The maximum absolute atomic E-state index is 10.7. The number of aliphatic hydroxyl groups excluding tert-OH is 3. The highest BCUT2D eigenvalue weighted by atomic mass is 32.1. The van der Waals surface area contributed by atoms with Gasteiger partial charge < -0.3 is 26.0 Å². The van der Waals surface area contributed by atoms with E-state index in [4.69, 9.17) is 19.9 Å². The molecular formula is C26H27N7O3S2. The number of nitrogens with zero attached hydrogens (tertiary/aromatic N) is 5. The van der Waals surface area contributed by atoms with Crippen LogP contribution in [0.1, 0.15) is 30.1 Å². The van der Waals surface area contributed by atoms with Gasteiger partial charge in [0.1, 0.15) is 27.5 Å². The number of benzene rings is 1. The topological polar surface area (TPSA) is 149 Å². The van der Waals surface area contributed by atoms with Gasteiger partial charge in [0.2, 0.25) is 5.95 Å². The molecule has 0 spiro atoms. The highest BCUT2D eigenvalue weighted by Gasteiger charge is 2.41. The molecule has 4 aromatic heterocycles. The van der Waals surface area contributed by atoms with Crippen LogP contribution < -0.4 is 10.6 Å². The predicted molar refractivity (Wildman–Crippen MR) is 149 cm³/mol. The summed E-state index contributed by atoms with van der Waals surface area (Å²) in [5.74, 6) is 0.493. The van der Waals surface area contributed by atoms with Crippen molar-refractivity contribution in [3.63, 3.8) is 0 Å².